The van der Waals surface area contributed by atoms with Gasteiger partial charge in [0.1, 0.15) is 57.8 Å². The van der Waals surface area contributed by atoms with Crippen molar-refractivity contribution in [3.8, 4) is 59.2 Å². The maximum Gasteiger partial charge on any atom is 0.305 e. The van der Waals surface area contributed by atoms with Crippen LogP contribution < -0.4 is 32.1 Å². The van der Waals surface area contributed by atoms with Crippen molar-refractivity contribution in [1.82, 2.24) is 15.0 Å². The van der Waals surface area contributed by atoms with Crippen LogP contribution in [0.25, 0.3) is 38.8 Å². The zero-order valence-electron chi connectivity index (χ0n) is 29.3. The number of halogens is 4. The third-order valence-corrected chi connectivity index (χ3v) is 8.83. The molecule has 5 aromatic rings. The number of allylic oxidation sites excluding steroid dienone is 3. The van der Waals surface area contributed by atoms with Crippen molar-refractivity contribution in [1.29, 1.82) is 31.6 Å². The molecule has 0 radical (unpaired) electrons. The van der Waals surface area contributed by atoms with Gasteiger partial charge in [-0.05, 0) is 36.4 Å². The van der Waals surface area contributed by atoms with E-state index in [9.17, 15) is 35.1 Å². The number of aromatic nitrogens is 3. The molecule has 60 heavy (non-hydrogen) atoms. The fourth-order valence-corrected chi connectivity index (χ4v) is 6.11. The van der Waals surface area contributed by atoms with Gasteiger partial charge in [0.15, 0.2) is 58.2 Å². The number of hydrogen-bond acceptors (Lipinski definition) is 15. The summed E-state index contributed by atoms with van der Waals surface area (Å²) in [5.41, 5.74) is -5.36. The van der Waals surface area contributed by atoms with Gasteiger partial charge in [0.25, 0.3) is 0 Å². The second kappa shape index (κ2) is 14.3. The van der Waals surface area contributed by atoms with Gasteiger partial charge in [-0.1, -0.05) is 12.1 Å². The lowest BCUT2D eigenvalue weighted by Gasteiger charge is -2.09. The van der Waals surface area contributed by atoms with Crippen molar-refractivity contribution in [2.24, 2.45) is 30.0 Å². The van der Waals surface area contributed by atoms with E-state index in [4.69, 9.17) is 11.8 Å². The highest BCUT2D eigenvalue weighted by Gasteiger charge is 2.31. The largest absolute Gasteiger partial charge is 0.305 e. The number of benzene rings is 4. The number of rotatable bonds is 4. The van der Waals surface area contributed by atoms with E-state index in [-0.39, 0.29) is 78.4 Å². The highest BCUT2D eigenvalue weighted by molar-refractivity contribution is 5.81. The molecule has 20 heteroatoms. The molecule has 4 heterocycles. The Morgan fingerprint density at radius 2 is 0.967 bits per heavy atom. The maximum atomic E-state index is 15.1. The number of para-hydroxylation sites is 2. The van der Waals surface area contributed by atoms with Crippen LogP contribution in [0.15, 0.2) is 102 Å². The monoisotopic (exact) mass is 788 g/mol. The Balaban J connectivity index is 1.40. The Labute approximate surface area is 330 Å². The van der Waals surface area contributed by atoms with Gasteiger partial charge in [-0.3, -0.25) is 0 Å². The van der Waals surface area contributed by atoms with Crippen LogP contribution in [0.5, 0.6) is 0 Å². The Morgan fingerprint density at radius 1 is 0.500 bits per heavy atom. The van der Waals surface area contributed by atoms with Gasteiger partial charge in [0, 0.05) is 11.1 Å². The first-order chi connectivity index (χ1) is 29.1. The molecule has 0 spiro atoms. The number of nitrogens with zero attached hydrogens (tertiary/aromatic N) is 16. The molecule has 4 aromatic carbocycles. The second-order valence-corrected chi connectivity index (χ2v) is 12.0. The third-order valence-electron chi connectivity index (χ3n) is 8.83. The Kier molecular flexibility index (Phi) is 8.81. The van der Waals surface area contributed by atoms with Crippen LogP contribution >= 0.6 is 0 Å². The minimum Gasteiger partial charge on any atom is -0.238 e. The molecule has 0 atom stereocenters. The number of nitriles is 6. The summed E-state index contributed by atoms with van der Waals surface area (Å²) in [6.07, 6.45) is 0. The first kappa shape index (κ1) is 37.0. The molecule has 16 nitrogen and oxygen atoms in total. The normalized spacial score (nSPS) is 14.1. The molecule has 0 aliphatic carbocycles. The summed E-state index contributed by atoms with van der Waals surface area (Å²) in [5.74, 6) is -10.1. The molecule has 0 amide bonds. The van der Waals surface area contributed by atoms with E-state index in [0.717, 1.165) is 6.07 Å². The highest BCUT2D eigenvalue weighted by Crippen LogP contribution is 2.32. The quantitative estimate of drug-likeness (QED) is 0.112. The van der Waals surface area contributed by atoms with Crippen molar-refractivity contribution in [3.05, 3.63) is 167 Å². The average Bonchev–Trinajstić information content (AvgIpc) is 4.02. The number of hydrogen-bond donors (Lipinski definition) is 0. The van der Waals surface area contributed by atoms with Gasteiger partial charge in [0.05, 0.1) is 50.8 Å². The molecule has 0 bridgehead atoms. The molecule has 1 aromatic heterocycles. The van der Waals surface area contributed by atoms with Gasteiger partial charge in [-0.2, -0.15) is 26.3 Å². The molecule has 3 aliphatic heterocycles. The Morgan fingerprint density at radius 3 is 1.43 bits per heavy atom. The first-order valence-corrected chi connectivity index (χ1v) is 16.5. The summed E-state index contributed by atoms with van der Waals surface area (Å²) in [7, 11) is 0. The summed E-state index contributed by atoms with van der Waals surface area (Å²) < 4.78 is 59.3. The summed E-state index contributed by atoms with van der Waals surface area (Å²) in [6, 6.07) is 22.2. The van der Waals surface area contributed by atoms with Gasteiger partial charge in [-0.25, -0.2) is 72.6 Å². The number of fused-ring (bicyclic) bond motifs is 3. The zero-order chi connectivity index (χ0) is 42.4. The smallest absolute Gasteiger partial charge is 0.238 e. The molecule has 0 saturated carbocycles. The predicted molar refractivity (Wildman–Crippen MR) is 189 cm³/mol. The van der Waals surface area contributed by atoms with E-state index in [2.05, 4.69) is 49.8 Å². The van der Waals surface area contributed by atoms with E-state index in [1.165, 1.54) is 30.3 Å². The minimum atomic E-state index is -2.05. The fourth-order valence-electron chi connectivity index (χ4n) is 6.11. The van der Waals surface area contributed by atoms with Crippen molar-refractivity contribution in [3.63, 3.8) is 0 Å². The predicted octanol–water partition coefficient (Wildman–Crippen LogP) is 2.53. The van der Waals surface area contributed by atoms with Crippen LogP contribution in [0, 0.1) is 97.8 Å². The lowest BCUT2D eigenvalue weighted by molar-refractivity contribution is 0.446. The molecule has 3 aliphatic rings. The third kappa shape index (κ3) is 5.67. The van der Waals surface area contributed by atoms with Gasteiger partial charge >= 0.3 is 5.70 Å². The van der Waals surface area contributed by atoms with E-state index in [1.807, 2.05) is 18.2 Å². The molecule has 0 N–H and O–H groups in total. The lowest BCUT2D eigenvalue weighted by atomic mass is 10.0. The van der Waals surface area contributed by atoms with Crippen LogP contribution in [-0.4, -0.2) is 15.0 Å². The SMILES string of the molecule is [C-]#[N+]/C(C#N)=C1\N=c2ccc(-c3nc(C(C#N)=C4N=c5ccccc5=N4)nc(-c4ccc5c(c4C#N)=N/C(=C(\C#N)c4c(F)c(F)c(C#N)c(F)c4F)N=5)n3)c(C#N)c2=N1. The Hall–Kier alpha value is -9.94. The molecular weight excluding hydrogens is 781 g/mol. The first-order valence-electron chi connectivity index (χ1n) is 16.5. The van der Waals surface area contributed by atoms with Crippen LogP contribution in [0.1, 0.15) is 28.1 Å². The van der Waals surface area contributed by atoms with Gasteiger partial charge in [-0.15, -0.1) is 0 Å². The van der Waals surface area contributed by atoms with Crippen LogP contribution in [0.2, 0.25) is 0 Å². The van der Waals surface area contributed by atoms with Crippen molar-refractivity contribution >= 4 is 11.1 Å². The topological polar surface area (TPSA) is 260 Å². The van der Waals surface area contributed by atoms with Crippen molar-refractivity contribution in [2.45, 2.75) is 0 Å². The summed E-state index contributed by atoms with van der Waals surface area (Å²) in [4.78, 5) is 42.1. The molecule has 0 saturated heterocycles. The zero-order valence-corrected chi connectivity index (χ0v) is 29.3. The van der Waals surface area contributed by atoms with E-state index < -0.39 is 51.5 Å². The molecule has 0 fully saturated rings. The highest BCUT2D eigenvalue weighted by atomic mass is 19.2. The molecular formula is C40H8F4N16. The average molecular weight is 789 g/mol. The second-order valence-electron chi connectivity index (χ2n) is 12.0. The van der Waals surface area contributed by atoms with E-state index >= 15 is 8.78 Å². The fraction of sp³-hybridized carbons (Fsp3) is 0. The Bertz CT molecular complexity index is 3660. The summed E-state index contributed by atoms with van der Waals surface area (Å²) in [6.45, 7) is 7.28. The van der Waals surface area contributed by atoms with E-state index in [1.54, 1.807) is 30.3 Å². The maximum absolute atomic E-state index is 15.1. The summed E-state index contributed by atoms with van der Waals surface area (Å²) in [5, 5.41) is 60.2. The van der Waals surface area contributed by atoms with Crippen LogP contribution in [0.4, 0.5) is 17.6 Å². The van der Waals surface area contributed by atoms with Gasteiger partial charge in [0.2, 0.25) is 0 Å². The van der Waals surface area contributed by atoms with Crippen LogP contribution in [0.3, 0.4) is 0 Å². The lowest BCUT2D eigenvalue weighted by Crippen LogP contribution is -2.26. The summed E-state index contributed by atoms with van der Waals surface area (Å²) >= 11 is 0. The standard InChI is InChI=1S/C40H8F4N16/c1-51-27(15-50)40-55-26-9-7-17(19(11-46)34(26)57-40)36-58-35(59-39(60-36)22(14-49)38-52-23-4-2-3-5-24(23)53-38)16-6-8-25-33(18(16)10-45)56-37(54-25)20(12-47)28-31(43)29(41)21(13-48)30(42)32(28)44/h2-9H/b37-20+,40-27+. The molecule has 0 unspecified atom stereocenters. The van der Waals surface area contributed by atoms with Crippen molar-refractivity contribution < 1.29 is 17.6 Å². The van der Waals surface area contributed by atoms with Crippen LogP contribution in [-0.2, 0) is 0 Å². The van der Waals surface area contributed by atoms with Gasteiger partial charge < -0.3 is 0 Å². The van der Waals surface area contributed by atoms with E-state index in [0.29, 0.717) is 10.7 Å². The molecule has 8 rings (SSSR count). The minimum absolute atomic E-state index is 0.0156. The molecule has 276 valence electrons. The van der Waals surface area contributed by atoms with Crippen molar-refractivity contribution in [2.75, 3.05) is 0 Å².